The van der Waals surface area contributed by atoms with Crippen molar-refractivity contribution in [2.75, 3.05) is 18.4 Å². The minimum absolute atomic E-state index is 0.0169. The summed E-state index contributed by atoms with van der Waals surface area (Å²) in [6, 6.07) is 7.27. The predicted molar refractivity (Wildman–Crippen MR) is 89.1 cm³/mol. The van der Waals surface area contributed by atoms with E-state index in [1.165, 1.54) is 0 Å². The summed E-state index contributed by atoms with van der Waals surface area (Å²) in [6.45, 7) is 2.53. The van der Waals surface area contributed by atoms with Crippen LogP contribution in [-0.4, -0.2) is 39.8 Å². The Bertz CT molecular complexity index is 751. The van der Waals surface area contributed by atoms with Crippen LogP contribution in [0.15, 0.2) is 41.1 Å². The van der Waals surface area contributed by atoms with Crippen molar-refractivity contribution in [1.29, 1.82) is 0 Å². The van der Waals surface area contributed by atoms with Gasteiger partial charge >= 0.3 is 0 Å². The summed E-state index contributed by atoms with van der Waals surface area (Å²) in [5.74, 6) is -0.0349. The average molecular weight is 375 g/mol. The number of amides is 2. The van der Waals surface area contributed by atoms with Gasteiger partial charge in [0.25, 0.3) is 5.91 Å². The molecule has 0 saturated heterocycles. The van der Waals surface area contributed by atoms with Crippen LogP contribution < -0.4 is 5.32 Å². The number of carbonyl (C=O) groups is 2. The predicted octanol–water partition coefficient (Wildman–Crippen LogP) is 2.44. The van der Waals surface area contributed by atoms with Crippen LogP contribution in [0.2, 0.25) is 0 Å². The Balaban J connectivity index is 1.73. The first-order valence-corrected chi connectivity index (χ1v) is 7.99. The smallest absolute Gasteiger partial charge is 0.254 e. The van der Waals surface area contributed by atoms with Crippen LogP contribution in [0.1, 0.15) is 28.8 Å². The molecule has 0 radical (unpaired) electrons. The number of nitrogens with zero attached hydrogens (tertiary/aromatic N) is 3. The van der Waals surface area contributed by atoms with Gasteiger partial charge in [-0.25, -0.2) is 9.97 Å². The fraction of sp³-hybridized carbons (Fsp3) is 0.250. The van der Waals surface area contributed by atoms with E-state index in [-0.39, 0.29) is 30.2 Å². The molecule has 0 spiro atoms. The standard InChI is InChI=1S/C16H15BrN4O2/c1-10-8-21(9-14(22)20-16-18-5-2-6-19-16)15(23)12-4-3-11(17)7-13(10)12/h2-7,10H,8-9H2,1H3,(H,18,19,20,22)/t10-/m0/s1. The molecule has 1 aromatic heterocycles. The molecule has 7 heteroatoms. The number of carbonyl (C=O) groups excluding carboxylic acids is 2. The molecule has 0 unspecified atom stereocenters. The highest BCUT2D eigenvalue weighted by molar-refractivity contribution is 9.10. The molecule has 23 heavy (non-hydrogen) atoms. The van der Waals surface area contributed by atoms with Crippen LogP contribution in [0.4, 0.5) is 5.95 Å². The maximum atomic E-state index is 12.6. The minimum Gasteiger partial charge on any atom is -0.329 e. The number of halogens is 1. The summed E-state index contributed by atoms with van der Waals surface area (Å²) in [5.41, 5.74) is 1.66. The van der Waals surface area contributed by atoms with Crippen molar-refractivity contribution in [3.8, 4) is 0 Å². The normalized spacial score (nSPS) is 16.9. The van der Waals surface area contributed by atoms with Crippen molar-refractivity contribution >= 4 is 33.7 Å². The van der Waals surface area contributed by atoms with Gasteiger partial charge in [0.05, 0.1) is 0 Å². The van der Waals surface area contributed by atoms with Crippen LogP contribution in [0.25, 0.3) is 0 Å². The second kappa shape index (κ2) is 6.45. The summed E-state index contributed by atoms with van der Waals surface area (Å²) in [5, 5.41) is 2.60. The highest BCUT2D eigenvalue weighted by Crippen LogP contribution is 2.30. The van der Waals surface area contributed by atoms with E-state index in [0.717, 1.165) is 10.0 Å². The third kappa shape index (κ3) is 3.39. The van der Waals surface area contributed by atoms with Gasteiger partial charge in [-0.2, -0.15) is 0 Å². The highest BCUT2D eigenvalue weighted by atomic mass is 79.9. The second-order valence-electron chi connectivity index (χ2n) is 5.44. The van der Waals surface area contributed by atoms with Gasteiger partial charge in [-0.1, -0.05) is 22.9 Å². The SMILES string of the molecule is C[C@H]1CN(CC(=O)Nc2ncccn2)C(=O)c2ccc(Br)cc21. The first-order valence-electron chi connectivity index (χ1n) is 7.20. The van der Waals surface area contributed by atoms with Crippen molar-refractivity contribution in [2.45, 2.75) is 12.8 Å². The maximum Gasteiger partial charge on any atom is 0.254 e. The maximum absolute atomic E-state index is 12.6. The van der Waals surface area contributed by atoms with Gasteiger partial charge in [-0.3, -0.25) is 14.9 Å². The van der Waals surface area contributed by atoms with E-state index in [1.807, 2.05) is 19.1 Å². The molecule has 0 bridgehead atoms. The first-order chi connectivity index (χ1) is 11.0. The van der Waals surface area contributed by atoms with E-state index in [0.29, 0.717) is 12.1 Å². The third-order valence-electron chi connectivity index (χ3n) is 3.71. The molecule has 3 rings (SSSR count). The lowest BCUT2D eigenvalue weighted by Gasteiger charge is -2.32. The summed E-state index contributed by atoms with van der Waals surface area (Å²) in [6.07, 6.45) is 3.09. The molecule has 6 nitrogen and oxygen atoms in total. The zero-order valence-corrected chi connectivity index (χ0v) is 14.1. The summed E-state index contributed by atoms with van der Waals surface area (Å²) >= 11 is 3.43. The Labute approximate surface area is 142 Å². The number of fused-ring (bicyclic) bond motifs is 1. The number of benzene rings is 1. The van der Waals surface area contributed by atoms with Gasteiger partial charge in [0.2, 0.25) is 11.9 Å². The Morgan fingerprint density at radius 2 is 2.13 bits per heavy atom. The fourth-order valence-corrected chi connectivity index (χ4v) is 3.03. The van der Waals surface area contributed by atoms with E-state index < -0.39 is 0 Å². The van der Waals surface area contributed by atoms with E-state index in [4.69, 9.17) is 0 Å². The molecule has 1 N–H and O–H groups in total. The number of aromatic nitrogens is 2. The second-order valence-corrected chi connectivity index (χ2v) is 6.35. The Morgan fingerprint density at radius 3 is 2.87 bits per heavy atom. The number of anilines is 1. The van der Waals surface area contributed by atoms with Gasteiger partial charge < -0.3 is 4.90 Å². The molecule has 0 aliphatic carbocycles. The zero-order valence-electron chi connectivity index (χ0n) is 12.5. The quantitative estimate of drug-likeness (QED) is 0.894. The van der Waals surface area contributed by atoms with Crippen LogP contribution in [0.5, 0.6) is 0 Å². The molecule has 118 valence electrons. The third-order valence-corrected chi connectivity index (χ3v) is 4.20. The van der Waals surface area contributed by atoms with Crippen molar-refractivity contribution in [3.05, 3.63) is 52.3 Å². The van der Waals surface area contributed by atoms with Crippen LogP contribution >= 0.6 is 15.9 Å². The van der Waals surface area contributed by atoms with E-state index in [1.54, 1.807) is 29.4 Å². The van der Waals surface area contributed by atoms with Crippen molar-refractivity contribution in [2.24, 2.45) is 0 Å². The van der Waals surface area contributed by atoms with Crippen molar-refractivity contribution < 1.29 is 9.59 Å². The first kappa shape index (κ1) is 15.6. The number of hydrogen-bond acceptors (Lipinski definition) is 4. The monoisotopic (exact) mass is 374 g/mol. The van der Waals surface area contributed by atoms with E-state index >= 15 is 0 Å². The molecule has 1 aliphatic rings. The summed E-state index contributed by atoms with van der Waals surface area (Å²) in [4.78, 5) is 34.1. The van der Waals surface area contributed by atoms with Gasteiger partial charge in [0.15, 0.2) is 0 Å². The lowest BCUT2D eigenvalue weighted by molar-refractivity contribution is -0.117. The molecule has 0 saturated carbocycles. The Kier molecular flexibility index (Phi) is 4.38. The summed E-state index contributed by atoms with van der Waals surface area (Å²) < 4.78 is 0.948. The number of rotatable bonds is 3. The Hall–Kier alpha value is -2.28. The Morgan fingerprint density at radius 1 is 1.39 bits per heavy atom. The lowest BCUT2D eigenvalue weighted by Crippen LogP contribution is -2.43. The molecule has 2 aromatic rings. The molecular formula is C16H15BrN4O2. The van der Waals surface area contributed by atoms with E-state index in [2.05, 4.69) is 31.2 Å². The molecule has 1 atom stereocenters. The molecule has 2 heterocycles. The highest BCUT2D eigenvalue weighted by Gasteiger charge is 2.30. The van der Waals surface area contributed by atoms with Crippen LogP contribution in [0.3, 0.4) is 0 Å². The fourth-order valence-electron chi connectivity index (χ4n) is 2.66. The topological polar surface area (TPSA) is 75.2 Å². The van der Waals surface area contributed by atoms with Crippen LogP contribution in [-0.2, 0) is 4.79 Å². The molecule has 2 amide bonds. The molecule has 1 aromatic carbocycles. The largest absolute Gasteiger partial charge is 0.329 e. The molecule has 1 aliphatic heterocycles. The minimum atomic E-state index is -0.308. The summed E-state index contributed by atoms with van der Waals surface area (Å²) in [7, 11) is 0. The van der Waals surface area contributed by atoms with Gasteiger partial charge in [-0.05, 0) is 35.7 Å². The van der Waals surface area contributed by atoms with Gasteiger partial charge in [-0.15, -0.1) is 0 Å². The lowest BCUT2D eigenvalue weighted by atomic mass is 9.90. The van der Waals surface area contributed by atoms with Crippen LogP contribution in [0, 0.1) is 0 Å². The van der Waals surface area contributed by atoms with Crippen molar-refractivity contribution in [1.82, 2.24) is 14.9 Å². The zero-order chi connectivity index (χ0) is 16.4. The molecule has 0 fully saturated rings. The number of nitrogens with one attached hydrogen (secondary N) is 1. The number of hydrogen-bond donors (Lipinski definition) is 1. The van der Waals surface area contributed by atoms with Gasteiger partial charge in [0, 0.05) is 29.0 Å². The van der Waals surface area contributed by atoms with E-state index in [9.17, 15) is 9.59 Å². The van der Waals surface area contributed by atoms with Gasteiger partial charge in [0.1, 0.15) is 6.54 Å². The average Bonchev–Trinajstić information content (AvgIpc) is 2.53. The van der Waals surface area contributed by atoms with Crippen molar-refractivity contribution in [3.63, 3.8) is 0 Å². The molecular weight excluding hydrogens is 360 g/mol.